The maximum Gasteiger partial charge on any atom is 0.229 e. The Labute approximate surface area is 96.2 Å². The van der Waals surface area contributed by atoms with Gasteiger partial charge in [-0.25, -0.2) is 0 Å². The van der Waals surface area contributed by atoms with E-state index in [1.807, 2.05) is 6.92 Å². The number of nitrogens with zero attached hydrogens (tertiary/aromatic N) is 2. The number of aromatic nitrogens is 2. The fourth-order valence-corrected chi connectivity index (χ4v) is 1.75. The second-order valence-corrected chi connectivity index (χ2v) is 4.54. The fourth-order valence-electron chi connectivity index (χ4n) is 1.66. The Morgan fingerprint density at radius 3 is 2.27 bits per heavy atom. The molecule has 4 heteroatoms. The van der Waals surface area contributed by atoms with Crippen LogP contribution < -0.4 is 0 Å². The van der Waals surface area contributed by atoms with Gasteiger partial charge < -0.3 is 4.52 Å². The topological polar surface area (TPSA) is 38.9 Å². The highest BCUT2D eigenvalue weighted by Gasteiger charge is 2.18. The molecule has 0 aliphatic rings. The minimum absolute atomic E-state index is 0.175. The molecule has 0 radical (unpaired) electrons. The van der Waals surface area contributed by atoms with Crippen LogP contribution in [0.1, 0.15) is 69.5 Å². The van der Waals surface area contributed by atoms with Crippen molar-refractivity contribution in [3.63, 3.8) is 0 Å². The van der Waals surface area contributed by atoms with E-state index in [9.17, 15) is 0 Å². The first kappa shape index (κ1) is 12.5. The number of hydrogen-bond donors (Lipinski definition) is 0. The monoisotopic (exact) mass is 230 g/mol. The highest BCUT2D eigenvalue weighted by atomic mass is 35.5. The predicted octanol–water partition coefficient (Wildman–Crippen LogP) is 4.05. The van der Waals surface area contributed by atoms with Gasteiger partial charge in [0.05, 0.1) is 5.38 Å². The maximum absolute atomic E-state index is 5.89. The molecule has 0 spiro atoms. The third-order valence-corrected chi connectivity index (χ3v) is 2.63. The molecule has 1 atom stereocenters. The Morgan fingerprint density at radius 1 is 1.27 bits per heavy atom. The highest BCUT2D eigenvalue weighted by Crippen LogP contribution is 2.26. The molecule has 1 heterocycles. The molecule has 1 aromatic heterocycles. The molecule has 0 aromatic carbocycles. The summed E-state index contributed by atoms with van der Waals surface area (Å²) >= 11 is 5.89. The number of alkyl halides is 1. The average molecular weight is 231 g/mol. The molecule has 1 aromatic rings. The zero-order valence-corrected chi connectivity index (χ0v) is 10.4. The molecule has 3 nitrogen and oxygen atoms in total. The van der Waals surface area contributed by atoms with Crippen molar-refractivity contribution >= 4 is 11.6 Å². The Morgan fingerprint density at radius 2 is 1.87 bits per heavy atom. The lowest BCUT2D eigenvalue weighted by atomic mass is 9.98. The summed E-state index contributed by atoms with van der Waals surface area (Å²) in [4.78, 5) is 4.34. The second-order valence-electron chi connectivity index (χ2n) is 3.88. The molecular formula is C11H19ClN2O. The van der Waals surface area contributed by atoms with Gasteiger partial charge in [0.25, 0.3) is 0 Å². The second kappa shape index (κ2) is 6.11. The quantitative estimate of drug-likeness (QED) is 0.692. The largest absolute Gasteiger partial charge is 0.339 e. The van der Waals surface area contributed by atoms with Crippen LogP contribution in [0.5, 0.6) is 0 Å². The van der Waals surface area contributed by atoms with Gasteiger partial charge in [-0.2, -0.15) is 4.98 Å². The Balaban J connectivity index is 2.72. The van der Waals surface area contributed by atoms with Gasteiger partial charge >= 0.3 is 0 Å². The smallest absolute Gasteiger partial charge is 0.229 e. The van der Waals surface area contributed by atoms with Crippen molar-refractivity contribution < 1.29 is 4.52 Å². The Bertz CT molecular complexity index is 280. The molecule has 1 rings (SSSR count). The zero-order valence-electron chi connectivity index (χ0n) is 9.66. The highest BCUT2D eigenvalue weighted by molar-refractivity contribution is 6.20. The zero-order chi connectivity index (χ0) is 11.3. The van der Waals surface area contributed by atoms with Crippen LogP contribution in [0.2, 0.25) is 0 Å². The third-order valence-electron chi connectivity index (χ3n) is 2.44. The molecule has 0 saturated heterocycles. The Hall–Kier alpha value is -0.570. The van der Waals surface area contributed by atoms with Crippen LogP contribution in [0.3, 0.4) is 0 Å². The van der Waals surface area contributed by atoms with E-state index in [-0.39, 0.29) is 5.38 Å². The maximum atomic E-state index is 5.89. The Kier molecular flexibility index (Phi) is 5.09. The van der Waals surface area contributed by atoms with Crippen molar-refractivity contribution in [2.75, 3.05) is 0 Å². The summed E-state index contributed by atoms with van der Waals surface area (Å²) in [5.41, 5.74) is 0. The minimum Gasteiger partial charge on any atom is -0.339 e. The molecule has 15 heavy (non-hydrogen) atoms. The molecule has 1 unspecified atom stereocenters. The summed E-state index contributed by atoms with van der Waals surface area (Å²) in [5, 5.41) is 3.71. The summed E-state index contributed by atoms with van der Waals surface area (Å²) < 4.78 is 5.25. The molecule has 0 N–H and O–H groups in total. The molecule has 0 aliphatic heterocycles. The van der Waals surface area contributed by atoms with Gasteiger partial charge in [0.2, 0.25) is 5.89 Å². The van der Waals surface area contributed by atoms with Crippen LogP contribution in [-0.2, 0) is 0 Å². The third kappa shape index (κ3) is 3.49. The lowest BCUT2D eigenvalue weighted by molar-refractivity contribution is 0.334. The first-order chi connectivity index (χ1) is 7.19. The van der Waals surface area contributed by atoms with E-state index < -0.39 is 0 Å². The van der Waals surface area contributed by atoms with Gasteiger partial charge in [0.15, 0.2) is 5.82 Å². The summed E-state index contributed by atoms with van der Waals surface area (Å²) in [5.74, 6) is 1.75. The number of halogens is 1. The first-order valence-corrected chi connectivity index (χ1v) is 6.10. The molecule has 0 bridgehead atoms. The van der Waals surface area contributed by atoms with Crippen molar-refractivity contribution in [3.05, 3.63) is 11.7 Å². The van der Waals surface area contributed by atoms with Gasteiger partial charge in [-0.05, 0) is 19.8 Å². The predicted molar refractivity (Wildman–Crippen MR) is 61.1 cm³/mol. The van der Waals surface area contributed by atoms with Crippen LogP contribution in [-0.4, -0.2) is 10.1 Å². The molecule has 0 amide bonds. The average Bonchev–Trinajstić information content (AvgIpc) is 2.66. The van der Waals surface area contributed by atoms with E-state index in [1.54, 1.807) is 0 Å². The summed E-state index contributed by atoms with van der Waals surface area (Å²) in [6.45, 7) is 6.19. The van der Waals surface area contributed by atoms with Crippen LogP contribution in [0.4, 0.5) is 0 Å². The molecule has 0 saturated carbocycles. The lowest BCUT2D eigenvalue weighted by Gasteiger charge is -2.08. The van der Waals surface area contributed by atoms with E-state index >= 15 is 0 Å². The summed E-state index contributed by atoms with van der Waals surface area (Å²) in [6.07, 6.45) is 4.48. The van der Waals surface area contributed by atoms with Gasteiger partial charge in [-0.15, -0.1) is 11.6 Å². The van der Waals surface area contributed by atoms with Gasteiger partial charge in [-0.1, -0.05) is 31.8 Å². The summed E-state index contributed by atoms with van der Waals surface area (Å²) in [7, 11) is 0. The van der Waals surface area contributed by atoms with Gasteiger partial charge in [-0.3, -0.25) is 0 Å². The van der Waals surface area contributed by atoms with Gasteiger partial charge in [0.1, 0.15) is 0 Å². The minimum atomic E-state index is -0.175. The van der Waals surface area contributed by atoms with Gasteiger partial charge in [0, 0.05) is 5.92 Å². The van der Waals surface area contributed by atoms with Crippen LogP contribution >= 0.6 is 11.6 Å². The SMILES string of the molecule is CCCC(CCC)c1nc(C(C)Cl)no1. The van der Waals surface area contributed by atoms with Crippen LogP contribution in [0, 0.1) is 0 Å². The van der Waals surface area contributed by atoms with Crippen LogP contribution in [0.25, 0.3) is 0 Å². The molecule has 86 valence electrons. The van der Waals surface area contributed by atoms with E-state index in [1.165, 1.54) is 0 Å². The van der Waals surface area contributed by atoms with Crippen molar-refractivity contribution in [3.8, 4) is 0 Å². The molecule has 0 fully saturated rings. The van der Waals surface area contributed by atoms with Crippen molar-refractivity contribution in [1.29, 1.82) is 0 Å². The lowest BCUT2D eigenvalue weighted by Crippen LogP contribution is -1.99. The standard InChI is InChI=1S/C11H19ClN2O/c1-4-6-9(7-5-2)11-13-10(8(3)12)14-15-11/h8-9H,4-7H2,1-3H3. The number of rotatable bonds is 6. The normalized spacial score (nSPS) is 13.4. The van der Waals surface area contributed by atoms with Crippen molar-refractivity contribution in [2.24, 2.45) is 0 Å². The van der Waals surface area contributed by atoms with Crippen molar-refractivity contribution in [1.82, 2.24) is 10.1 Å². The van der Waals surface area contributed by atoms with E-state index in [0.29, 0.717) is 11.7 Å². The van der Waals surface area contributed by atoms with E-state index in [2.05, 4.69) is 24.0 Å². The molecule has 0 aliphatic carbocycles. The first-order valence-electron chi connectivity index (χ1n) is 5.66. The van der Waals surface area contributed by atoms with E-state index in [0.717, 1.165) is 31.6 Å². The fraction of sp³-hybridized carbons (Fsp3) is 0.818. The summed E-state index contributed by atoms with van der Waals surface area (Å²) in [6, 6.07) is 0. The van der Waals surface area contributed by atoms with Crippen molar-refractivity contribution in [2.45, 2.75) is 57.7 Å². The van der Waals surface area contributed by atoms with E-state index in [4.69, 9.17) is 16.1 Å². The number of hydrogen-bond acceptors (Lipinski definition) is 3. The van der Waals surface area contributed by atoms with Crippen LogP contribution in [0.15, 0.2) is 4.52 Å². The molecular weight excluding hydrogens is 212 g/mol.